The molecule has 0 unspecified atom stereocenters. The lowest BCUT2D eigenvalue weighted by atomic mass is 10.1. The Labute approximate surface area is 170 Å². The average Bonchev–Trinajstić information content (AvgIpc) is 3.07. The lowest BCUT2D eigenvalue weighted by Gasteiger charge is -2.35. The van der Waals surface area contributed by atoms with E-state index in [4.69, 9.17) is 9.47 Å². The molecule has 29 heavy (non-hydrogen) atoms. The number of quaternary nitrogens is 1. The standard InChI is InChI=1S/C22H25N3O4/c1-28-17-8-9-18(20(14-17)29-2)25-21(26)15-19(22(25)27)24-12-10-23(11-13-24)16-6-4-3-5-7-16/h3-9,14,19H,10-13,15H2,1-2H3/p+1/t19-/m0/s1. The maximum atomic E-state index is 13.2. The molecule has 0 aliphatic carbocycles. The molecule has 7 nitrogen and oxygen atoms in total. The number of carbonyl (C=O) groups is 2. The molecule has 0 radical (unpaired) electrons. The molecule has 1 atom stereocenters. The van der Waals surface area contributed by atoms with E-state index in [0.717, 1.165) is 26.2 Å². The van der Waals surface area contributed by atoms with Gasteiger partial charge in [-0.3, -0.25) is 9.59 Å². The second-order valence-corrected chi connectivity index (χ2v) is 7.34. The number of hydrogen-bond donors (Lipinski definition) is 1. The van der Waals surface area contributed by atoms with E-state index in [9.17, 15) is 9.59 Å². The highest BCUT2D eigenvalue weighted by atomic mass is 16.5. The fourth-order valence-electron chi connectivity index (χ4n) is 4.21. The van der Waals surface area contributed by atoms with Gasteiger partial charge >= 0.3 is 0 Å². The topological polar surface area (TPSA) is 63.5 Å². The Morgan fingerprint density at radius 3 is 2.34 bits per heavy atom. The molecule has 2 aromatic carbocycles. The first kappa shape index (κ1) is 19.3. The van der Waals surface area contributed by atoms with Gasteiger partial charge in [0.25, 0.3) is 5.91 Å². The van der Waals surface area contributed by atoms with E-state index in [0.29, 0.717) is 17.2 Å². The van der Waals surface area contributed by atoms with Crippen LogP contribution in [0.25, 0.3) is 0 Å². The number of ether oxygens (including phenoxy) is 2. The molecular formula is C22H26N3O4+. The van der Waals surface area contributed by atoms with E-state index in [1.54, 1.807) is 25.3 Å². The summed E-state index contributed by atoms with van der Waals surface area (Å²) >= 11 is 0. The molecule has 152 valence electrons. The molecule has 2 aliphatic rings. The molecule has 0 saturated carbocycles. The average molecular weight is 396 g/mol. The van der Waals surface area contributed by atoms with Crippen LogP contribution in [0.15, 0.2) is 48.5 Å². The van der Waals surface area contributed by atoms with Gasteiger partial charge in [0.05, 0.1) is 52.5 Å². The van der Waals surface area contributed by atoms with Gasteiger partial charge in [0.2, 0.25) is 5.91 Å². The third-order valence-electron chi connectivity index (χ3n) is 5.79. The maximum Gasteiger partial charge on any atom is 0.292 e. The summed E-state index contributed by atoms with van der Waals surface area (Å²) in [6.45, 7) is 3.38. The van der Waals surface area contributed by atoms with E-state index >= 15 is 0 Å². The van der Waals surface area contributed by atoms with Crippen molar-refractivity contribution in [3.05, 3.63) is 48.5 Å². The summed E-state index contributed by atoms with van der Waals surface area (Å²) in [7, 11) is 3.09. The molecule has 0 bridgehead atoms. The molecule has 4 rings (SSSR count). The van der Waals surface area contributed by atoms with Gasteiger partial charge in [0.1, 0.15) is 11.5 Å². The van der Waals surface area contributed by atoms with Gasteiger partial charge in [0, 0.05) is 11.8 Å². The Morgan fingerprint density at radius 2 is 1.69 bits per heavy atom. The largest absolute Gasteiger partial charge is 0.497 e. The molecule has 2 heterocycles. The van der Waals surface area contributed by atoms with Crippen molar-refractivity contribution in [3.8, 4) is 11.5 Å². The zero-order valence-electron chi connectivity index (χ0n) is 16.8. The third-order valence-corrected chi connectivity index (χ3v) is 5.79. The summed E-state index contributed by atoms with van der Waals surface area (Å²) in [4.78, 5) is 30.7. The van der Waals surface area contributed by atoms with Crippen LogP contribution in [0.3, 0.4) is 0 Å². The van der Waals surface area contributed by atoms with E-state index in [1.165, 1.54) is 22.6 Å². The Morgan fingerprint density at radius 1 is 0.966 bits per heavy atom. The van der Waals surface area contributed by atoms with Crippen molar-refractivity contribution >= 4 is 23.2 Å². The van der Waals surface area contributed by atoms with E-state index in [-0.39, 0.29) is 24.3 Å². The molecule has 2 aliphatic heterocycles. The highest BCUT2D eigenvalue weighted by Gasteiger charge is 2.47. The SMILES string of the molecule is COc1ccc(N2C(=O)C[C@H]([NH+]3CCN(c4ccccc4)CC3)C2=O)c(OC)c1. The summed E-state index contributed by atoms with van der Waals surface area (Å²) in [5.41, 5.74) is 1.68. The maximum absolute atomic E-state index is 13.2. The van der Waals surface area contributed by atoms with Gasteiger partial charge in [-0.25, -0.2) is 4.90 Å². The van der Waals surface area contributed by atoms with E-state index in [1.807, 2.05) is 18.2 Å². The van der Waals surface area contributed by atoms with Crippen molar-refractivity contribution in [3.63, 3.8) is 0 Å². The number of para-hydroxylation sites is 1. The van der Waals surface area contributed by atoms with Crippen LogP contribution < -0.4 is 24.2 Å². The van der Waals surface area contributed by atoms with Crippen LogP contribution in [-0.2, 0) is 9.59 Å². The van der Waals surface area contributed by atoms with Crippen molar-refractivity contribution in [1.29, 1.82) is 0 Å². The lowest BCUT2D eigenvalue weighted by Crippen LogP contribution is -3.19. The highest BCUT2D eigenvalue weighted by Crippen LogP contribution is 2.34. The van der Waals surface area contributed by atoms with Crippen molar-refractivity contribution in [2.75, 3.05) is 50.2 Å². The summed E-state index contributed by atoms with van der Waals surface area (Å²) in [5.74, 6) is 0.739. The molecule has 1 N–H and O–H groups in total. The Hall–Kier alpha value is -3.06. The van der Waals surface area contributed by atoms with Crippen LogP contribution in [0, 0.1) is 0 Å². The van der Waals surface area contributed by atoms with Gasteiger partial charge in [-0.05, 0) is 24.3 Å². The number of nitrogens with zero attached hydrogens (tertiary/aromatic N) is 2. The molecule has 2 aromatic rings. The zero-order valence-corrected chi connectivity index (χ0v) is 16.8. The van der Waals surface area contributed by atoms with Crippen molar-refractivity contribution < 1.29 is 24.0 Å². The quantitative estimate of drug-likeness (QED) is 0.756. The summed E-state index contributed by atoms with van der Waals surface area (Å²) in [6, 6.07) is 15.1. The van der Waals surface area contributed by atoms with Crippen molar-refractivity contribution in [1.82, 2.24) is 0 Å². The van der Waals surface area contributed by atoms with Crippen LogP contribution in [0.1, 0.15) is 6.42 Å². The number of nitrogens with one attached hydrogen (secondary N) is 1. The monoisotopic (exact) mass is 396 g/mol. The molecule has 0 spiro atoms. The van der Waals surface area contributed by atoms with Crippen molar-refractivity contribution in [2.24, 2.45) is 0 Å². The Bertz CT molecular complexity index is 894. The first-order valence-electron chi connectivity index (χ1n) is 9.85. The summed E-state index contributed by atoms with van der Waals surface area (Å²) in [5, 5.41) is 0. The predicted molar refractivity (Wildman–Crippen MR) is 110 cm³/mol. The number of amides is 2. The van der Waals surface area contributed by atoms with Gasteiger partial charge < -0.3 is 19.3 Å². The lowest BCUT2D eigenvalue weighted by molar-refractivity contribution is -0.915. The number of anilines is 2. The highest BCUT2D eigenvalue weighted by molar-refractivity contribution is 6.22. The minimum atomic E-state index is -0.341. The predicted octanol–water partition coefficient (Wildman–Crippen LogP) is 0.741. The van der Waals surface area contributed by atoms with Crippen LogP contribution in [0.2, 0.25) is 0 Å². The third kappa shape index (κ3) is 3.65. The fourth-order valence-corrected chi connectivity index (χ4v) is 4.21. The van der Waals surface area contributed by atoms with E-state index in [2.05, 4.69) is 17.0 Å². The minimum Gasteiger partial charge on any atom is -0.497 e. The Kier molecular flexibility index (Phi) is 5.40. The number of piperazine rings is 1. The number of carbonyl (C=O) groups excluding carboxylic acids is 2. The zero-order chi connectivity index (χ0) is 20.4. The molecular weight excluding hydrogens is 370 g/mol. The fraction of sp³-hybridized carbons (Fsp3) is 0.364. The van der Waals surface area contributed by atoms with Gasteiger partial charge in [-0.1, -0.05) is 18.2 Å². The van der Waals surface area contributed by atoms with Crippen LogP contribution >= 0.6 is 0 Å². The summed E-state index contributed by atoms with van der Waals surface area (Å²) in [6.07, 6.45) is 0.231. The van der Waals surface area contributed by atoms with Gasteiger partial charge in [-0.15, -0.1) is 0 Å². The molecule has 2 amide bonds. The number of rotatable bonds is 5. The van der Waals surface area contributed by atoms with Crippen LogP contribution in [0.5, 0.6) is 11.5 Å². The molecule has 7 heteroatoms. The smallest absolute Gasteiger partial charge is 0.292 e. The summed E-state index contributed by atoms with van der Waals surface area (Å²) < 4.78 is 10.6. The first-order valence-corrected chi connectivity index (χ1v) is 9.85. The van der Waals surface area contributed by atoms with Gasteiger partial charge in [0.15, 0.2) is 6.04 Å². The second-order valence-electron chi connectivity index (χ2n) is 7.34. The van der Waals surface area contributed by atoms with Gasteiger partial charge in [-0.2, -0.15) is 0 Å². The minimum absolute atomic E-state index is 0.151. The van der Waals surface area contributed by atoms with Crippen LogP contribution in [0.4, 0.5) is 11.4 Å². The Balaban J connectivity index is 1.48. The number of benzene rings is 2. The second kappa shape index (κ2) is 8.13. The van der Waals surface area contributed by atoms with Crippen molar-refractivity contribution in [2.45, 2.75) is 12.5 Å². The molecule has 2 saturated heterocycles. The first-order chi connectivity index (χ1) is 14.1. The molecule has 0 aromatic heterocycles. The number of imide groups is 1. The number of methoxy groups -OCH3 is 2. The van der Waals surface area contributed by atoms with E-state index < -0.39 is 0 Å². The van der Waals surface area contributed by atoms with Crippen LogP contribution in [-0.4, -0.2) is 58.3 Å². The number of hydrogen-bond acceptors (Lipinski definition) is 5. The normalized spacial score (nSPS) is 20.3. The molecule has 2 fully saturated rings.